The topological polar surface area (TPSA) is 18.5 Å². The summed E-state index contributed by atoms with van der Waals surface area (Å²) < 4.78 is 11.5. The Morgan fingerprint density at radius 1 is 0.947 bits per heavy atom. The first-order chi connectivity index (χ1) is 9.09. The van der Waals surface area contributed by atoms with Crippen molar-refractivity contribution in [1.82, 2.24) is 0 Å². The van der Waals surface area contributed by atoms with Crippen molar-refractivity contribution in [3.05, 3.63) is 0 Å². The van der Waals surface area contributed by atoms with Crippen molar-refractivity contribution in [3.63, 3.8) is 0 Å². The van der Waals surface area contributed by atoms with Gasteiger partial charge in [0.15, 0.2) is 5.79 Å². The van der Waals surface area contributed by atoms with Crippen LogP contribution in [0.3, 0.4) is 0 Å². The third kappa shape index (κ3) is 6.45. The van der Waals surface area contributed by atoms with Gasteiger partial charge in [0.25, 0.3) is 0 Å². The molecule has 0 bridgehead atoms. The highest BCUT2D eigenvalue weighted by atomic mass is 16.7. The fraction of sp³-hybridized carbons (Fsp3) is 0.882. The third-order valence-corrected chi connectivity index (χ3v) is 3.69. The van der Waals surface area contributed by atoms with Gasteiger partial charge >= 0.3 is 0 Å². The van der Waals surface area contributed by atoms with Crippen molar-refractivity contribution in [2.24, 2.45) is 0 Å². The van der Waals surface area contributed by atoms with E-state index in [0.717, 1.165) is 6.42 Å². The van der Waals surface area contributed by atoms with Crippen LogP contribution in [0, 0.1) is 12.3 Å². The van der Waals surface area contributed by atoms with Crippen LogP contribution in [0.1, 0.15) is 78.6 Å². The highest BCUT2D eigenvalue weighted by Crippen LogP contribution is 2.30. The monoisotopic (exact) mass is 266 g/mol. The molecule has 1 aliphatic heterocycles. The lowest BCUT2D eigenvalue weighted by Gasteiger charge is -2.16. The minimum atomic E-state index is -0.512. The molecule has 0 aromatic heterocycles. The Kier molecular flexibility index (Phi) is 7.49. The molecule has 0 saturated carbocycles. The highest BCUT2D eigenvalue weighted by Gasteiger charge is 2.39. The minimum Gasteiger partial charge on any atom is -0.343 e. The fourth-order valence-electron chi connectivity index (χ4n) is 2.67. The normalized spacial score (nSPS) is 25.4. The lowest BCUT2D eigenvalue weighted by molar-refractivity contribution is -0.143. The Labute approximate surface area is 119 Å². The van der Waals surface area contributed by atoms with Crippen molar-refractivity contribution in [2.75, 3.05) is 0 Å². The summed E-state index contributed by atoms with van der Waals surface area (Å²) >= 11 is 0. The van der Waals surface area contributed by atoms with E-state index < -0.39 is 5.79 Å². The van der Waals surface area contributed by atoms with Crippen LogP contribution < -0.4 is 0 Å². The van der Waals surface area contributed by atoms with Crippen molar-refractivity contribution >= 4 is 0 Å². The number of terminal acetylenes is 1. The summed E-state index contributed by atoms with van der Waals surface area (Å²) in [6.07, 6.45) is 17.1. The van der Waals surface area contributed by atoms with Gasteiger partial charge in [0.1, 0.15) is 6.10 Å². The first-order valence-electron chi connectivity index (χ1n) is 7.91. The lowest BCUT2D eigenvalue weighted by atomic mass is 10.0. The smallest absolute Gasteiger partial charge is 0.165 e. The van der Waals surface area contributed by atoms with Crippen LogP contribution in [0.15, 0.2) is 0 Å². The molecule has 0 radical (unpaired) electrons. The predicted octanol–water partition coefficient (Wildman–Crippen LogP) is 4.67. The van der Waals surface area contributed by atoms with Crippen molar-refractivity contribution < 1.29 is 9.47 Å². The van der Waals surface area contributed by atoms with Gasteiger partial charge < -0.3 is 9.47 Å². The quantitative estimate of drug-likeness (QED) is 0.446. The number of unbranched alkanes of at least 4 members (excludes halogenated alkanes) is 7. The fourth-order valence-corrected chi connectivity index (χ4v) is 2.67. The predicted molar refractivity (Wildman–Crippen MR) is 79.9 cm³/mol. The molecule has 0 unspecified atom stereocenters. The van der Waals surface area contributed by atoms with Crippen LogP contribution in [-0.4, -0.2) is 18.0 Å². The van der Waals surface area contributed by atoms with E-state index in [4.69, 9.17) is 15.9 Å². The molecular weight excluding hydrogens is 236 g/mol. The van der Waals surface area contributed by atoms with E-state index in [0.29, 0.717) is 0 Å². The van der Waals surface area contributed by atoms with Gasteiger partial charge in [0.2, 0.25) is 0 Å². The molecule has 110 valence electrons. The summed E-state index contributed by atoms with van der Waals surface area (Å²) in [7, 11) is 0. The van der Waals surface area contributed by atoms with Crippen molar-refractivity contribution in [1.29, 1.82) is 0 Å². The Hall–Kier alpha value is -0.520. The summed E-state index contributed by atoms with van der Waals surface area (Å²) in [5, 5.41) is 0. The van der Waals surface area contributed by atoms with E-state index >= 15 is 0 Å². The molecule has 0 aromatic carbocycles. The first-order valence-corrected chi connectivity index (χ1v) is 7.91. The van der Waals surface area contributed by atoms with Crippen LogP contribution in [-0.2, 0) is 9.47 Å². The molecule has 1 fully saturated rings. The van der Waals surface area contributed by atoms with Gasteiger partial charge in [-0.3, -0.25) is 0 Å². The highest BCUT2D eigenvalue weighted by molar-refractivity contribution is 5.02. The van der Waals surface area contributed by atoms with E-state index in [1.807, 2.05) is 13.8 Å². The van der Waals surface area contributed by atoms with Crippen LogP contribution in [0.4, 0.5) is 0 Å². The van der Waals surface area contributed by atoms with E-state index in [9.17, 15) is 0 Å². The van der Waals surface area contributed by atoms with E-state index in [1.165, 1.54) is 51.4 Å². The second kappa shape index (κ2) is 8.61. The molecule has 1 rings (SSSR count). The van der Waals surface area contributed by atoms with Crippen molar-refractivity contribution in [3.8, 4) is 12.3 Å². The first kappa shape index (κ1) is 16.5. The minimum absolute atomic E-state index is 0.0834. The number of rotatable bonds is 9. The Balaban J connectivity index is 2.05. The molecule has 0 N–H and O–H groups in total. The summed E-state index contributed by atoms with van der Waals surface area (Å²) in [6, 6.07) is 0. The van der Waals surface area contributed by atoms with Gasteiger partial charge in [-0.15, -0.1) is 6.42 Å². The van der Waals surface area contributed by atoms with Gasteiger partial charge in [0.05, 0.1) is 6.10 Å². The summed E-state index contributed by atoms with van der Waals surface area (Å²) in [4.78, 5) is 0. The zero-order valence-corrected chi connectivity index (χ0v) is 12.9. The molecule has 1 heterocycles. The number of hydrogen-bond acceptors (Lipinski definition) is 2. The SMILES string of the molecule is C#C[C@H]1OC(C)(C)O[C@@H]1CCCCCCCCCC. The van der Waals surface area contributed by atoms with Gasteiger partial charge in [0, 0.05) is 0 Å². The van der Waals surface area contributed by atoms with E-state index in [-0.39, 0.29) is 12.2 Å². The zero-order valence-electron chi connectivity index (χ0n) is 12.9. The Bertz CT molecular complexity index is 277. The zero-order chi connectivity index (χ0) is 14.1. The maximum atomic E-state index is 5.85. The number of hydrogen-bond donors (Lipinski definition) is 0. The van der Waals surface area contributed by atoms with Gasteiger partial charge in [-0.1, -0.05) is 64.2 Å². The summed E-state index contributed by atoms with van der Waals surface area (Å²) in [6.45, 7) is 6.13. The van der Waals surface area contributed by atoms with Crippen LogP contribution in [0.25, 0.3) is 0 Å². The lowest BCUT2D eigenvalue weighted by Crippen LogP contribution is -2.21. The average molecular weight is 266 g/mol. The molecule has 1 saturated heterocycles. The standard InChI is InChI=1S/C17H30O2/c1-5-7-8-9-10-11-12-13-14-16-15(6-2)18-17(3,4)19-16/h2,15-16H,5,7-14H2,1,3-4H3/t15-,16-/m1/s1. The molecule has 19 heavy (non-hydrogen) atoms. The van der Waals surface area contributed by atoms with Crippen LogP contribution in [0.2, 0.25) is 0 Å². The molecule has 1 aliphatic rings. The molecular formula is C17H30O2. The molecule has 2 atom stereocenters. The molecule has 0 aromatic rings. The van der Waals surface area contributed by atoms with E-state index in [2.05, 4.69) is 12.8 Å². The largest absolute Gasteiger partial charge is 0.343 e. The second-order valence-corrected chi connectivity index (χ2v) is 6.02. The Morgan fingerprint density at radius 3 is 2.11 bits per heavy atom. The van der Waals surface area contributed by atoms with Gasteiger partial charge in [-0.25, -0.2) is 0 Å². The van der Waals surface area contributed by atoms with Crippen molar-refractivity contribution in [2.45, 2.75) is 96.6 Å². The van der Waals surface area contributed by atoms with Gasteiger partial charge in [-0.2, -0.15) is 0 Å². The Morgan fingerprint density at radius 2 is 1.53 bits per heavy atom. The average Bonchev–Trinajstić information content (AvgIpc) is 2.67. The molecule has 2 heteroatoms. The molecule has 2 nitrogen and oxygen atoms in total. The molecule has 0 aliphatic carbocycles. The van der Waals surface area contributed by atoms with Gasteiger partial charge in [-0.05, 0) is 20.3 Å². The molecule has 0 amide bonds. The van der Waals surface area contributed by atoms with Crippen LogP contribution in [0.5, 0.6) is 0 Å². The third-order valence-electron chi connectivity index (χ3n) is 3.69. The maximum Gasteiger partial charge on any atom is 0.165 e. The van der Waals surface area contributed by atoms with E-state index in [1.54, 1.807) is 0 Å². The summed E-state index contributed by atoms with van der Waals surface area (Å²) in [5.41, 5.74) is 0. The molecule has 0 spiro atoms. The maximum absolute atomic E-state index is 5.85. The number of ether oxygens (including phenoxy) is 2. The summed E-state index contributed by atoms with van der Waals surface area (Å²) in [5.74, 6) is 2.19. The van der Waals surface area contributed by atoms with Crippen LogP contribution >= 0.6 is 0 Å². The second-order valence-electron chi connectivity index (χ2n) is 6.02.